The van der Waals surface area contributed by atoms with Crippen molar-refractivity contribution in [2.24, 2.45) is 11.5 Å². The van der Waals surface area contributed by atoms with Crippen molar-refractivity contribution in [3.63, 3.8) is 0 Å². The lowest BCUT2D eigenvalue weighted by atomic mass is 12.6. The van der Waals surface area contributed by atoms with Gasteiger partial charge in [-0.15, -0.1) is 0 Å². The van der Waals surface area contributed by atoms with Crippen LogP contribution in [0, 0.1) is 0 Å². The highest BCUT2D eigenvalue weighted by Crippen LogP contribution is 1.32. The van der Waals surface area contributed by atoms with Gasteiger partial charge in [0.25, 0.3) is 0 Å². The van der Waals surface area contributed by atoms with Crippen LogP contribution in [0.15, 0.2) is 0 Å². The van der Waals surface area contributed by atoms with Gasteiger partial charge in [0, 0.05) is 0 Å². The van der Waals surface area contributed by atoms with Crippen molar-refractivity contribution >= 4 is 17.3 Å². The van der Waals surface area contributed by atoms with Crippen molar-refractivity contribution in [2.75, 3.05) is 0 Å². The largest absolute Gasteiger partial charge is 0.377 e. The van der Waals surface area contributed by atoms with Crippen LogP contribution in [0.1, 0.15) is 0 Å². The number of thiocarbonyl (C=S) groups is 1. The molecule has 0 aromatic heterocycles. The molecule has 0 saturated carbocycles. The van der Waals surface area contributed by atoms with E-state index in [1.54, 1.807) is 0 Å². The fourth-order valence-electron chi connectivity index (χ4n) is 0. The zero-order valence-electron chi connectivity index (χ0n) is 2.06. The molecule has 0 bridgehead atoms. The van der Waals surface area contributed by atoms with E-state index in [9.17, 15) is 0 Å². The molecule has 0 aliphatic heterocycles. The van der Waals surface area contributed by atoms with Crippen LogP contribution in [0.3, 0.4) is 0 Å². The van der Waals surface area contributed by atoms with E-state index in [1.807, 2.05) is 0 Å². The molecule has 0 amide bonds. The monoisotopic (exact) mass is 78.0 g/mol. The summed E-state index contributed by atoms with van der Waals surface area (Å²) < 4.78 is 0. The Morgan fingerprint density at radius 3 is 1.50 bits per heavy atom. The van der Waals surface area contributed by atoms with Gasteiger partial charge in [0.1, 0.15) is 0 Å². The maximum atomic E-state index is 4.62. The molecule has 4 heavy (non-hydrogen) atoms. The number of hydrogen-bond acceptors (Lipinski definition) is 1. The van der Waals surface area contributed by atoms with Crippen molar-refractivity contribution in [3.8, 4) is 0 Å². The van der Waals surface area contributed by atoms with E-state index < -0.39 is 0 Å². The lowest BCUT2D eigenvalue weighted by molar-refractivity contribution is 1.65. The molecule has 0 radical (unpaired) electrons. The van der Waals surface area contributed by atoms with E-state index in [0.29, 0.717) is 0 Å². The van der Waals surface area contributed by atoms with Gasteiger partial charge in [-0.25, -0.2) is 0 Å². The predicted molar refractivity (Wildman–Crippen MR) is 21.0 cm³/mol. The molecule has 0 aliphatic carbocycles. The predicted octanol–water partition coefficient (Wildman–Crippen LogP) is -0.811. The van der Waals surface area contributed by atoms with Crippen molar-refractivity contribution in [2.45, 2.75) is 0 Å². The Morgan fingerprint density at radius 2 is 1.50 bits per heavy atom. The molecule has 0 saturated heterocycles. The number of hydrogen-bond donors (Lipinski definition) is 2. The van der Waals surface area contributed by atoms with E-state index in [2.05, 4.69) is 23.7 Å². The zero-order chi connectivity index (χ0) is 3.58. The molecule has 4 N–H and O–H groups in total. The molecule has 2 nitrogen and oxygen atoms in total. The molecule has 0 heterocycles. The summed E-state index contributed by atoms with van der Waals surface area (Å²) in [6, 6.07) is 0. The van der Waals surface area contributed by atoms with Crippen LogP contribution < -0.4 is 11.5 Å². The highest BCUT2D eigenvalue weighted by atomic mass is 32.1. The molecular weight excluding hydrogens is 74.1 g/mol. The Kier molecular flexibility index (Phi) is 0.979. The summed E-state index contributed by atoms with van der Waals surface area (Å²) in [5.41, 5.74) is 9.24. The SMILES string of the molecule is N[14C](N)=S. The Labute approximate surface area is 29.8 Å². The van der Waals surface area contributed by atoms with Crippen LogP contribution in [0.2, 0.25) is 0 Å². The third-order valence-corrected chi connectivity index (χ3v) is 0. The van der Waals surface area contributed by atoms with E-state index >= 15 is 0 Å². The maximum Gasteiger partial charge on any atom is 0.160 e. The molecule has 0 aromatic rings. The first-order chi connectivity index (χ1) is 1.73. The second kappa shape index (κ2) is 1.06. The van der Waals surface area contributed by atoms with E-state index in [4.69, 9.17) is 0 Å². The third-order valence-electron chi connectivity index (χ3n) is 0. The van der Waals surface area contributed by atoms with Crippen molar-refractivity contribution < 1.29 is 0 Å². The lowest BCUT2D eigenvalue weighted by Crippen LogP contribution is -2.18. The Bertz CT molecular complexity index is 29.0. The maximum absolute atomic E-state index is 4.62. The van der Waals surface area contributed by atoms with Crippen molar-refractivity contribution in [3.05, 3.63) is 0 Å². The second-order valence-electron chi connectivity index (χ2n) is 0.402. The summed E-state index contributed by atoms with van der Waals surface area (Å²) in [5, 5.41) is 0.000000000000000222. The molecule has 0 spiro atoms. The first-order valence-electron chi connectivity index (χ1n) is 0.781. The first-order valence-corrected chi connectivity index (χ1v) is 1.19. The summed E-state index contributed by atoms with van der Waals surface area (Å²) in [5.74, 6) is 0. The van der Waals surface area contributed by atoms with Gasteiger partial charge in [-0.2, -0.15) is 0 Å². The Hall–Kier alpha value is -0.310. The van der Waals surface area contributed by atoms with Crippen LogP contribution in [-0.4, -0.2) is 5.11 Å². The van der Waals surface area contributed by atoms with E-state index in [-0.39, 0.29) is 5.11 Å². The van der Waals surface area contributed by atoms with E-state index in [0.717, 1.165) is 0 Å². The highest BCUT2D eigenvalue weighted by molar-refractivity contribution is 7.80. The average Bonchev–Trinajstić information content (AvgIpc) is 0.811. The van der Waals surface area contributed by atoms with Crippen LogP contribution in [0.25, 0.3) is 0 Å². The van der Waals surface area contributed by atoms with Gasteiger partial charge in [0.15, 0.2) is 5.11 Å². The standard InChI is InChI=1S/CH4N2S/c2-1(3)4/h(H4,2,3,4)/i1+2. The minimum absolute atomic E-state index is 0.000000000000000222. The van der Waals surface area contributed by atoms with Gasteiger partial charge in [0.05, 0.1) is 0 Å². The number of nitrogens with two attached hydrogens (primary N) is 2. The minimum atomic E-state index is 0.000000000000000222. The normalized spacial score (nSPS) is 6.00. The molecule has 0 atom stereocenters. The summed E-state index contributed by atoms with van der Waals surface area (Å²) in [6.45, 7) is 0. The van der Waals surface area contributed by atoms with Crippen LogP contribution in [0.5, 0.6) is 0 Å². The molecule has 0 rings (SSSR count). The molecule has 24 valence electrons. The van der Waals surface area contributed by atoms with Crippen molar-refractivity contribution in [1.29, 1.82) is 0 Å². The first kappa shape index (κ1) is 3.69. The fourth-order valence-corrected chi connectivity index (χ4v) is 0. The summed E-state index contributed by atoms with van der Waals surface area (Å²) in [6.07, 6.45) is 0. The number of rotatable bonds is 0. The van der Waals surface area contributed by atoms with Crippen LogP contribution >= 0.6 is 12.2 Å². The third kappa shape index (κ3) is 8.37. The molecule has 0 fully saturated rings. The van der Waals surface area contributed by atoms with Gasteiger partial charge in [0.2, 0.25) is 0 Å². The van der Waals surface area contributed by atoms with Crippen molar-refractivity contribution in [1.82, 2.24) is 0 Å². The average molecular weight is 78.1 g/mol. The quantitative estimate of drug-likeness (QED) is 0.372. The van der Waals surface area contributed by atoms with Gasteiger partial charge in [-0.1, -0.05) is 0 Å². The summed E-state index contributed by atoms with van der Waals surface area (Å²) in [7, 11) is 0. The zero-order valence-corrected chi connectivity index (χ0v) is 2.88. The smallest absolute Gasteiger partial charge is 0.160 e. The molecule has 3 heteroatoms. The van der Waals surface area contributed by atoms with E-state index in [1.165, 1.54) is 0 Å². The van der Waals surface area contributed by atoms with Gasteiger partial charge in [-0.3, -0.25) is 0 Å². The van der Waals surface area contributed by atoms with Gasteiger partial charge >= 0.3 is 0 Å². The fraction of sp³-hybridized carbons (Fsp3) is 0. The Morgan fingerprint density at radius 1 is 1.50 bits per heavy atom. The Balaban J connectivity index is 2.80. The van der Waals surface area contributed by atoms with Gasteiger partial charge < -0.3 is 11.5 Å². The van der Waals surface area contributed by atoms with Gasteiger partial charge in [-0.05, 0) is 12.2 Å². The molecule has 0 aliphatic rings. The molecular formula is CH4N2S. The minimum Gasteiger partial charge on any atom is -0.377 e. The van der Waals surface area contributed by atoms with Crippen LogP contribution in [-0.2, 0) is 0 Å². The van der Waals surface area contributed by atoms with Crippen LogP contribution in [0.4, 0.5) is 0 Å². The molecule has 0 aromatic carbocycles. The second-order valence-corrected chi connectivity index (χ2v) is 0.874. The lowest BCUT2D eigenvalue weighted by Gasteiger charge is -1.68. The molecule has 0 unspecified atom stereocenters. The topological polar surface area (TPSA) is 52.0 Å². The summed E-state index contributed by atoms with van der Waals surface area (Å²) in [4.78, 5) is 0. The highest BCUT2D eigenvalue weighted by Gasteiger charge is 1.53. The summed E-state index contributed by atoms with van der Waals surface area (Å²) >= 11 is 4.09.